The van der Waals surface area contributed by atoms with Crippen LogP contribution in [0.2, 0.25) is 0 Å². The van der Waals surface area contributed by atoms with Crippen LogP contribution in [0.3, 0.4) is 0 Å². The molecule has 5 nitrogen and oxygen atoms in total. The van der Waals surface area contributed by atoms with E-state index in [4.69, 9.17) is 14.5 Å². The second-order valence-electron chi connectivity index (χ2n) is 3.71. The molecule has 0 heterocycles. The van der Waals surface area contributed by atoms with Gasteiger partial charge in [0.05, 0.1) is 12.2 Å². The Kier molecular flexibility index (Phi) is 6.94. The summed E-state index contributed by atoms with van der Waals surface area (Å²) in [6.45, 7) is 9.33. The Morgan fingerprint density at radius 2 is 2.00 bits per heavy atom. The molecule has 0 aromatic heterocycles. The lowest BCUT2D eigenvalue weighted by atomic mass is 10.2. The average Bonchev–Trinajstić information content (AvgIpc) is 2.14. The molecule has 0 bridgehead atoms. The predicted octanol–water partition coefficient (Wildman–Crippen LogP) is 1.44. The van der Waals surface area contributed by atoms with Gasteiger partial charge in [-0.1, -0.05) is 6.58 Å². The van der Waals surface area contributed by atoms with Crippen molar-refractivity contribution in [3.05, 3.63) is 12.7 Å². The zero-order valence-corrected chi connectivity index (χ0v) is 9.45. The van der Waals surface area contributed by atoms with E-state index in [9.17, 15) is 4.79 Å². The molecule has 0 fully saturated rings. The lowest BCUT2D eigenvalue weighted by Crippen LogP contribution is -2.21. The van der Waals surface area contributed by atoms with E-state index in [-0.39, 0.29) is 19.0 Å². The highest BCUT2D eigenvalue weighted by Gasteiger charge is 2.10. The summed E-state index contributed by atoms with van der Waals surface area (Å²) in [6, 6.07) is 0. The zero-order chi connectivity index (χ0) is 11.7. The summed E-state index contributed by atoms with van der Waals surface area (Å²) in [5, 5.41) is 0. The fourth-order valence-electron chi connectivity index (χ4n) is 0.529. The summed E-state index contributed by atoms with van der Waals surface area (Å²) >= 11 is 0. The summed E-state index contributed by atoms with van der Waals surface area (Å²) in [6.07, 6.45) is 1.07. The largest absolute Gasteiger partial charge is 0.435 e. The third-order valence-electron chi connectivity index (χ3n) is 1.07. The molecular weight excluding hydrogens is 200 g/mol. The molecule has 0 amide bonds. The Bertz CT molecular complexity index is 194. The van der Waals surface area contributed by atoms with E-state index >= 15 is 0 Å². The molecule has 88 valence electrons. The number of carbonyl (C=O) groups is 1. The highest BCUT2D eigenvalue weighted by molar-refractivity contribution is 5.81. The summed E-state index contributed by atoms with van der Waals surface area (Å²) in [4.78, 5) is 20.4. The standard InChI is InChI=1S/C10H18O5/c1-5-9(11)13-8-12-6-7-14-15-10(2,3)4/h5H,1,6-8H2,2-4H3. The van der Waals surface area contributed by atoms with Crippen molar-refractivity contribution in [2.24, 2.45) is 0 Å². The molecule has 0 radical (unpaired) electrons. The monoisotopic (exact) mass is 218 g/mol. The molecule has 5 heteroatoms. The fourth-order valence-corrected chi connectivity index (χ4v) is 0.529. The van der Waals surface area contributed by atoms with Gasteiger partial charge >= 0.3 is 5.97 Å². The van der Waals surface area contributed by atoms with Gasteiger partial charge in [-0.25, -0.2) is 14.6 Å². The minimum atomic E-state index is -0.512. The second-order valence-corrected chi connectivity index (χ2v) is 3.71. The summed E-state index contributed by atoms with van der Waals surface area (Å²) in [7, 11) is 0. The molecule has 0 N–H and O–H groups in total. The van der Waals surface area contributed by atoms with Crippen molar-refractivity contribution in [3.8, 4) is 0 Å². The number of carbonyl (C=O) groups excluding carboxylic acids is 1. The van der Waals surface area contributed by atoms with Crippen LogP contribution >= 0.6 is 0 Å². The van der Waals surface area contributed by atoms with Gasteiger partial charge in [0.15, 0.2) is 6.79 Å². The van der Waals surface area contributed by atoms with Crippen molar-refractivity contribution < 1.29 is 24.0 Å². The highest BCUT2D eigenvalue weighted by atomic mass is 17.2. The van der Waals surface area contributed by atoms with Gasteiger partial charge < -0.3 is 9.47 Å². The van der Waals surface area contributed by atoms with Crippen LogP contribution in [-0.2, 0) is 24.0 Å². The van der Waals surface area contributed by atoms with Crippen LogP contribution in [0.1, 0.15) is 20.8 Å². The van der Waals surface area contributed by atoms with E-state index < -0.39 is 5.97 Å². The number of hydrogen-bond donors (Lipinski definition) is 0. The van der Waals surface area contributed by atoms with Gasteiger partial charge in [0.2, 0.25) is 0 Å². The lowest BCUT2D eigenvalue weighted by Gasteiger charge is -2.17. The highest BCUT2D eigenvalue weighted by Crippen LogP contribution is 2.06. The van der Waals surface area contributed by atoms with Crippen molar-refractivity contribution in [1.82, 2.24) is 0 Å². The molecule has 0 unspecified atom stereocenters. The molecule has 0 rings (SSSR count). The Labute approximate surface area is 89.9 Å². The first-order valence-corrected chi connectivity index (χ1v) is 4.63. The van der Waals surface area contributed by atoms with Crippen molar-refractivity contribution in [3.63, 3.8) is 0 Å². The van der Waals surface area contributed by atoms with E-state index in [0.717, 1.165) is 6.08 Å². The van der Waals surface area contributed by atoms with Crippen LogP contribution in [0, 0.1) is 0 Å². The maximum atomic E-state index is 10.6. The lowest BCUT2D eigenvalue weighted by molar-refractivity contribution is -0.352. The van der Waals surface area contributed by atoms with Crippen LogP contribution in [0.25, 0.3) is 0 Å². The van der Waals surface area contributed by atoms with Gasteiger partial charge in [0, 0.05) is 6.08 Å². The van der Waals surface area contributed by atoms with E-state index in [1.807, 2.05) is 20.8 Å². The van der Waals surface area contributed by atoms with Crippen LogP contribution in [0.5, 0.6) is 0 Å². The molecule has 0 aliphatic carbocycles. The molecule has 0 aromatic carbocycles. The van der Waals surface area contributed by atoms with Gasteiger partial charge in [-0.3, -0.25) is 0 Å². The van der Waals surface area contributed by atoms with Crippen LogP contribution in [0.15, 0.2) is 12.7 Å². The van der Waals surface area contributed by atoms with Crippen LogP contribution in [-0.4, -0.2) is 31.6 Å². The van der Waals surface area contributed by atoms with Crippen LogP contribution < -0.4 is 0 Å². The van der Waals surface area contributed by atoms with E-state index in [1.165, 1.54) is 0 Å². The van der Waals surface area contributed by atoms with Crippen molar-refractivity contribution in [1.29, 1.82) is 0 Å². The average molecular weight is 218 g/mol. The molecule has 0 aliphatic heterocycles. The SMILES string of the molecule is C=CC(=O)OCOCCOOC(C)(C)C. The quantitative estimate of drug-likeness (QED) is 0.162. The zero-order valence-electron chi connectivity index (χ0n) is 9.45. The molecule has 0 saturated carbocycles. The Morgan fingerprint density at radius 1 is 1.33 bits per heavy atom. The van der Waals surface area contributed by atoms with Gasteiger partial charge in [-0.15, -0.1) is 0 Å². The topological polar surface area (TPSA) is 54.0 Å². The van der Waals surface area contributed by atoms with E-state index in [2.05, 4.69) is 11.3 Å². The van der Waals surface area contributed by atoms with Gasteiger partial charge in [0.25, 0.3) is 0 Å². The van der Waals surface area contributed by atoms with Crippen molar-refractivity contribution in [2.45, 2.75) is 26.4 Å². The van der Waals surface area contributed by atoms with E-state index in [0.29, 0.717) is 6.61 Å². The molecule has 0 aliphatic rings. The molecular formula is C10H18O5. The Balaban J connectivity index is 3.19. The molecule has 0 spiro atoms. The van der Waals surface area contributed by atoms with Crippen molar-refractivity contribution >= 4 is 5.97 Å². The van der Waals surface area contributed by atoms with Crippen LogP contribution in [0.4, 0.5) is 0 Å². The third kappa shape index (κ3) is 11.0. The summed E-state index contributed by atoms with van der Waals surface area (Å²) in [5.41, 5.74) is -0.338. The summed E-state index contributed by atoms with van der Waals surface area (Å²) < 4.78 is 9.49. The fraction of sp³-hybridized carbons (Fsp3) is 0.700. The first-order chi connectivity index (χ1) is 6.95. The molecule has 0 saturated heterocycles. The predicted molar refractivity (Wildman–Crippen MR) is 53.9 cm³/mol. The maximum Gasteiger partial charge on any atom is 0.332 e. The number of ether oxygens (including phenoxy) is 2. The number of rotatable bonds is 7. The Hall–Kier alpha value is -0.910. The molecule has 15 heavy (non-hydrogen) atoms. The summed E-state index contributed by atoms with van der Waals surface area (Å²) in [5.74, 6) is -0.512. The molecule has 0 aromatic rings. The number of esters is 1. The minimum absolute atomic E-state index is 0.107. The van der Waals surface area contributed by atoms with Gasteiger partial charge in [-0.2, -0.15) is 0 Å². The Morgan fingerprint density at radius 3 is 2.53 bits per heavy atom. The van der Waals surface area contributed by atoms with Gasteiger partial charge in [0.1, 0.15) is 6.61 Å². The van der Waals surface area contributed by atoms with Crippen molar-refractivity contribution in [2.75, 3.05) is 20.0 Å². The molecule has 0 atom stereocenters. The van der Waals surface area contributed by atoms with Gasteiger partial charge in [-0.05, 0) is 20.8 Å². The minimum Gasteiger partial charge on any atom is -0.435 e. The smallest absolute Gasteiger partial charge is 0.332 e. The second kappa shape index (κ2) is 7.39. The first kappa shape index (κ1) is 14.1. The number of hydrogen-bond acceptors (Lipinski definition) is 5. The first-order valence-electron chi connectivity index (χ1n) is 4.63. The maximum absolute atomic E-state index is 10.6. The van der Waals surface area contributed by atoms with E-state index in [1.54, 1.807) is 0 Å². The normalized spacial score (nSPS) is 11.1. The third-order valence-corrected chi connectivity index (χ3v) is 1.07.